The second-order valence-corrected chi connectivity index (χ2v) is 8.79. The number of carbonyl (C=O) groups is 2. The molecule has 0 spiro atoms. The number of hydrogen-bond donors (Lipinski definition) is 0. The summed E-state index contributed by atoms with van der Waals surface area (Å²) in [5.74, 6) is -0.831. The first-order valence-electron chi connectivity index (χ1n) is 11.8. The zero-order valence-electron chi connectivity index (χ0n) is 20.3. The summed E-state index contributed by atoms with van der Waals surface area (Å²) < 4.78 is 45.7. The standard InChI is InChI=1S/C31H22F3NO3/c1-38-30(37)23-13-7-9-20(17-23)19-35-26-16-6-5-15-25(26)28(29(35)36)27(21-10-3-2-4-11-21)22-12-8-14-24(18-22)31(32,33)34/h2-18H,19H2,1H3/b28-27+. The Balaban J connectivity index is 1.69. The Morgan fingerprint density at radius 2 is 1.45 bits per heavy atom. The fraction of sp³-hybridized carbons (Fsp3) is 0.0968. The van der Waals surface area contributed by atoms with Gasteiger partial charge in [-0.3, -0.25) is 4.79 Å². The van der Waals surface area contributed by atoms with Crippen LogP contribution < -0.4 is 4.90 Å². The molecule has 0 aromatic heterocycles. The number of anilines is 1. The molecule has 0 radical (unpaired) electrons. The van der Waals surface area contributed by atoms with Crippen LogP contribution >= 0.6 is 0 Å². The highest BCUT2D eigenvalue weighted by molar-refractivity contribution is 6.38. The van der Waals surface area contributed by atoms with Gasteiger partial charge in [-0.1, -0.05) is 72.8 Å². The molecule has 1 heterocycles. The van der Waals surface area contributed by atoms with E-state index in [-0.39, 0.29) is 12.5 Å². The van der Waals surface area contributed by atoms with Gasteiger partial charge in [-0.05, 0) is 47.0 Å². The van der Waals surface area contributed by atoms with E-state index in [1.165, 1.54) is 13.2 Å². The number of rotatable bonds is 5. The van der Waals surface area contributed by atoms with Gasteiger partial charge in [0.2, 0.25) is 0 Å². The SMILES string of the molecule is COC(=O)c1cccc(CN2C(=O)/C(=C(\c3ccccc3)c3cccc(C(F)(F)F)c3)c3ccccc32)c1. The van der Waals surface area contributed by atoms with Gasteiger partial charge in [0, 0.05) is 11.1 Å². The molecule has 1 aliphatic heterocycles. The van der Waals surface area contributed by atoms with Gasteiger partial charge < -0.3 is 9.64 Å². The third-order valence-electron chi connectivity index (χ3n) is 6.40. The number of methoxy groups -OCH3 is 1. The van der Waals surface area contributed by atoms with E-state index in [0.717, 1.165) is 12.1 Å². The predicted molar refractivity (Wildman–Crippen MR) is 139 cm³/mol. The quantitative estimate of drug-likeness (QED) is 0.213. The van der Waals surface area contributed by atoms with E-state index in [2.05, 4.69) is 0 Å². The molecule has 0 N–H and O–H groups in total. The fourth-order valence-corrected chi connectivity index (χ4v) is 4.69. The number of esters is 1. The molecule has 1 aliphatic rings. The minimum absolute atomic E-state index is 0.162. The summed E-state index contributed by atoms with van der Waals surface area (Å²) in [5.41, 5.74) is 3.18. The zero-order valence-corrected chi connectivity index (χ0v) is 20.3. The molecular formula is C31H22F3NO3. The number of carbonyl (C=O) groups excluding carboxylic acids is 2. The summed E-state index contributed by atoms with van der Waals surface area (Å²) in [5, 5.41) is 0. The molecular weight excluding hydrogens is 491 g/mol. The van der Waals surface area contributed by atoms with Crippen LogP contribution in [-0.4, -0.2) is 19.0 Å². The molecule has 0 aliphatic carbocycles. The van der Waals surface area contributed by atoms with Crippen LogP contribution in [0, 0.1) is 0 Å². The Labute approximate surface area is 217 Å². The van der Waals surface area contributed by atoms with Gasteiger partial charge in [0.25, 0.3) is 5.91 Å². The van der Waals surface area contributed by atoms with Crippen LogP contribution in [-0.2, 0) is 22.3 Å². The number of alkyl halides is 3. The maximum atomic E-state index is 14.1. The molecule has 1 amide bonds. The van der Waals surface area contributed by atoms with Crippen molar-refractivity contribution in [2.24, 2.45) is 0 Å². The highest BCUT2D eigenvalue weighted by Gasteiger charge is 2.36. The average Bonchev–Trinajstić information content (AvgIpc) is 3.20. The minimum Gasteiger partial charge on any atom is -0.465 e. The Hall–Kier alpha value is -4.65. The van der Waals surface area contributed by atoms with Crippen LogP contribution in [0.4, 0.5) is 18.9 Å². The number of benzene rings is 4. The topological polar surface area (TPSA) is 46.6 Å². The molecule has 0 bridgehead atoms. The Morgan fingerprint density at radius 3 is 2.18 bits per heavy atom. The summed E-state index contributed by atoms with van der Waals surface area (Å²) in [6.45, 7) is 0.162. The number of nitrogens with zero attached hydrogens (tertiary/aromatic N) is 1. The average molecular weight is 514 g/mol. The molecule has 0 fully saturated rings. The van der Waals surface area contributed by atoms with Gasteiger partial charge >= 0.3 is 12.1 Å². The summed E-state index contributed by atoms with van der Waals surface area (Å²) >= 11 is 0. The van der Waals surface area contributed by atoms with E-state index in [1.54, 1.807) is 83.8 Å². The maximum Gasteiger partial charge on any atom is 0.416 e. The van der Waals surface area contributed by atoms with Crippen LogP contribution in [0.5, 0.6) is 0 Å². The van der Waals surface area contributed by atoms with Gasteiger partial charge in [0.05, 0.1) is 36.0 Å². The van der Waals surface area contributed by atoms with Crippen molar-refractivity contribution >= 4 is 28.7 Å². The first-order valence-corrected chi connectivity index (χ1v) is 11.8. The molecule has 4 nitrogen and oxygen atoms in total. The molecule has 0 atom stereocenters. The Bertz CT molecular complexity index is 1560. The van der Waals surface area contributed by atoms with Crippen molar-refractivity contribution < 1.29 is 27.5 Å². The van der Waals surface area contributed by atoms with Crippen LogP contribution in [0.25, 0.3) is 11.1 Å². The monoisotopic (exact) mass is 513 g/mol. The van der Waals surface area contributed by atoms with Crippen molar-refractivity contribution in [3.8, 4) is 0 Å². The zero-order chi connectivity index (χ0) is 26.9. The number of halogens is 3. The molecule has 7 heteroatoms. The smallest absolute Gasteiger partial charge is 0.416 e. The van der Waals surface area contributed by atoms with Gasteiger partial charge in [-0.25, -0.2) is 4.79 Å². The molecule has 190 valence electrons. The second-order valence-electron chi connectivity index (χ2n) is 8.79. The summed E-state index contributed by atoms with van der Waals surface area (Å²) in [4.78, 5) is 27.7. The molecule has 0 saturated heterocycles. The molecule has 4 aromatic carbocycles. The maximum absolute atomic E-state index is 14.1. The highest BCUT2D eigenvalue weighted by atomic mass is 19.4. The van der Waals surface area contributed by atoms with Crippen molar-refractivity contribution in [2.75, 3.05) is 12.0 Å². The lowest BCUT2D eigenvalue weighted by molar-refractivity contribution is -0.137. The highest BCUT2D eigenvalue weighted by Crippen LogP contribution is 2.44. The van der Waals surface area contributed by atoms with E-state index in [0.29, 0.717) is 44.7 Å². The van der Waals surface area contributed by atoms with Crippen molar-refractivity contribution in [1.82, 2.24) is 0 Å². The number of amides is 1. The molecule has 4 aromatic rings. The molecule has 38 heavy (non-hydrogen) atoms. The number of ether oxygens (including phenoxy) is 1. The van der Waals surface area contributed by atoms with Crippen molar-refractivity contribution in [2.45, 2.75) is 12.7 Å². The Kier molecular flexibility index (Phi) is 6.59. The largest absolute Gasteiger partial charge is 0.465 e. The van der Waals surface area contributed by atoms with Crippen LogP contribution in [0.15, 0.2) is 103 Å². The Morgan fingerprint density at radius 1 is 0.789 bits per heavy atom. The first-order chi connectivity index (χ1) is 18.3. The van der Waals surface area contributed by atoms with Gasteiger partial charge in [0.1, 0.15) is 0 Å². The number of hydrogen-bond acceptors (Lipinski definition) is 3. The lowest BCUT2D eigenvalue weighted by atomic mass is 9.89. The van der Waals surface area contributed by atoms with E-state index in [4.69, 9.17) is 4.74 Å². The normalized spacial score (nSPS) is 14.3. The van der Waals surface area contributed by atoms with Crippen LogP contribution in [0.1, 0.15) is 38.2 Å². The van der Waals surface area contributed by atoms with E-state index in [9.17, 15) is 22.8 Å². The number of para-hydroxylation sites is 1. The number of fused-ring (bicyclic) bond motifs is 1. The molecule has 0 unspecified atom stereocenters. The summed E-state index contributed by atoms with van der Waals surface area (Å²) in [6, 6.07) is 28.0. The van der Waals surface area contributed by atoms with Gasteiger partial charge in [0.15, 0.2) is 0 Å². The van der Waals surface area contributed by atoms with E-state index < -0.39 is 17.7 Å². The summed E-state index contributed by atoms with van der Waals surface area (Å²) in [6.07, 6.45) is -4.53. The molecule has 0 saturated carbocycles. The minimum atomic E-state index is -4.53. The third-order valence-corrected chi connectivity index (χ3v) is 6.40. The molecule has 5 rings (SSSR count). The van der Waals surface area contributed by atoms with Gasteiger partial charge in [-0.15, -0.1) is 0 Å². The van der Waals surface area contributed by atoms with Crippen molar-refractivity contribution in [3.05, 3.63) is 137 Å². The lowest BCUT2D eigenvalue weighted by Gasteiger charge is -2.18. The lowest BCUT2D eigenvalue weighted by Crippen LogP contribution is -2.26. The van der Waals surface area contributed by atoms with Crippen LogP contribution in [0.2, 0.25) is 0 Å². The first kappa shape index (κ1) is 25.0. The van der Waals surface area contributed by atoms with E-state index in [1.807, 2.05) is 6.07 Å². The predicted octanol–water partition coefficient (Wildman–Crippen LogP) is 7.00. The second kappa shape index (κ2) is 10.0. The van der Waals surface area contributed by atoms with Crippen molar-refractivity contribution in [1.29, 1.82) is 0 Å². The third kappa shape index (κ3) is 4.70. The van der Waals surface area contributed by atoms with Crippen LogP contribution in [0.3, 0.4) is 0 Å². The van der Waals surface area contributed by atoms with Crippen molar-refractivity contribution in [3.63, 3.8) is 0 Å². The van der Waals surface area contributed by atoms with Gasteiger partial charge in [-0.2, -0.15) is 13.2 Å². The van der Waals surface area contributed by atoms with E-state index >= 15 is 0 Å². The fourth-order valence-electron chi connectivity index (χ4n) is 4.69. The summed E-state index contributed by atoms with van der Waals surface area (Å²) in [7, 11) is 1.30.